The second-order valence-corrected chi connectivity index (χ2v) is 11.7. The Morgan fingerprint density at radius 1 is 0.441 bits per heavy atom. The van der Waals surface area contributed by atoms with Gasteiger partial charge in [0, 0.05) is 5.41 Å². The maximum Gasteiger partial charge on any atom is 0.0159 e. The molecule has 0 spiro atoms. The summed E-state index contributed by atoms with van der Waals surface area (Å²) in [6, 6.07) is 46.9. The van der Waals surface area contributed by atoms with Gasteiger partial charge in [-0.05, 0) is 69.3 Å². The van der Waals surface area contributed by atoms with Crippen LogP contribution < -0.4 is 15.9 Å². The van der Waals surface area contributed by atoms with Crippen molar-refractivity contribution in [1.29, 1.82) is 0 Å². The summed E-state index contributed by atoms with van der Waals surface area (Å²) in [5, 5.41) is 4.20. The molecule has 1 heteroatoms. The summed E-state index contributed by atoms with van der Waals surface area (Å²) in [7, 11) is -0.612. The predicted molar refractivity (Wildman–Crippen MR) is 148 cm³/mol. The molecule has 5 aromatic rings. The zero-order valence-electron chi connectivity index (χ0n) is 19.6. The van der Waals surface area contributed by atoms with Gasteiger partial charge in [-0.25, -0.2) is 0 Å². The van der Waals surface area contributed by atoms with E-state index in [-0.39, 0.29) is 5.41 Å². The highest BCUT2D eigenvalue weighted by Gasteiger charge is 2.36. The molecular weight excluding hydrogens is 427 g/mol. The van der Waals surface area contributed by atoms with Gasteiger partial charge >= 0.3 is 0 Å². The molecule has 5 aromatic carbocycles. The van der Waals surface area contributed by atoms with Crippen LogP contribution in [0, 0.1) is 0 Å². The van der Waals surface area contributed by atoms with Crippen LogP contribution in [0.4, 0.5) is 0 Å². The Morgan fingerprint density at radius 2 is 0.941 bits per heavy atom. The summed E-state index contributed by atoms with van der Waals surface area (Å²) in [5.41, 5.74) is 8.12. The summed E-state index contributed by atoms with van der Waals surface area (Å²) >= 11 is 0. The minimum Gasteiger partial charge on any atom is -0.0622 e. The molecule has 1 aliphatic carbocycles. The van der Waals surface area contributed by atoms with Crippen LogP contribution in [0.1, 0.15) is 25.0 Å². The van der Waals surface area contributed by atoms with E-state index in [0.717, 1.165) is 0 Å². The highest BCUT2D eigenvalue weighted by atomic mass is 31.1. The molecule has 34 heavy (non-hydrogen) atoms. The molecule has 0 saturated carbocycles. The van der Waals surface area contributed by atoms with Crippen molar-refractivity contribution >= 4 is 23.8 Å². The van der Waals surface area contributed by atoms with Crippen molar-refractivity contribution in [3.8, 4) is 22.3 Å². The third-order valence-corrected chi connectivity index (χ3v) is 9.48. The van der Waals surface area contributed by atoms with Crippen LogP contribution in [0.3, 0.4) is 0 Å². The second kappa shape index (κ2) is 8.39. The first-order chi connectivity index (χ1) is 16.6. The summed E-state index contributed by atoms with van der Waals surface area (Å²) in [6.45, 7) is 4.76. The maximum atomic E-state index is 2.49. The van der Waals surface area contributed by atoms with Crippen molar-refractivity contribution in [3.05, 3.63) is 139 Å². The van der Waals surface area contributed by atoms with Gasteiger partial charge in [0.15, 0.2) is 0 Å². The van der Waals surface area contributed by atoms with Gasteiger partial charge in [-0.15, -0.1) is 0 Å². The van der Waals surface area contributed by atoms with Gasteiger partial charge < -0.3 is 0 Å². The first kappa shape index (κ1) is 21.1. The molecule has 0 radical (unpaired) electrons. The van der Waals surface area contributed by atoms with Gasteiger partial charge in [-0.1, -0.05) is 129 Å². The van der Waals surface area contributed by atoms with E-state index >= 15 is 0 Å². The SMILES string of the molecule is CC1(C)c2cc(-c3ccccc3)ccc2-c2ccc(P(c3ccccc3)c3ccccc3)cc21. The Bertz CT molecular complexity index is 1410. The highest BCUT2D eigenvalue weighted by Crippen LogP contribution is 2.50. The van der Waals surface area contributed by atoms with Gasteiger partial charge in [0.1, 0.15) is 0 Å². The standard InChI is InChI=1S/C33H27P/c1-33(2)31-22-25(24-12-6-3-7-13-24)18-20-29(31)30-21-19-28(23-32(30)33)34(26-14-8-4-9-15-26)27-16-10-5-11-17-27/h3-23H,1-2H3. The Hall–Kier alpha value is -3.47. The van der Waals surface area contributed by atoms with Crippen molar-refractivity contribution in [3.63, 3.8) is 0 Å². The maximum absolute atomic E-state index is 2.49. The Morgan fingerprint density at radius 3 is 1.53 bits per heavy atom. The molecule has 6 rings (SSSR count). The molecule has 0 nitrogen and oxygen atoms in total. The van der Waals surface area contributed by atoms with E-state index in [2.05, 4.69) is 141 Å². The Balaban J connectivity index is 1.48. The molecule has 0 unspecified atom stereocenters. The van der Waals surface area contributed by atoms with E-state index in [9.17, 15) is 0 Å². The molecule has 0 atom stereocenters. The van der Waals surface area contributed by atoms with Crippen LogP contribution in [0.25, 0.3) is 22.3 Å². The summed E-state index contributed by atoms with van der Waals surface area (Å²) < 4.78 is 0. The number of hydrogen-bond donors (Lipinski definition) is 0. The molecule has 0 heterocycles. The normalized spacial score (nSPS) is 13.5. The fourth-order valence-corrected chi connectivity index (χ4v) is 7.59. The zero-order valence-corrected chi connectivity index (χ0v) is 20.5. The Kier molecular flexibility index (Phi) is 5.20. The average molecular weight is 455 g/mol. The lowest BCUT2D eigenvalue weighted by Crippen LogP contribution is -2.23. The van der Waals surface area contributed by atoms with Crippen LogP contribution in [-0.2, 0) is 5.41 Å². The molecule has 0 bridgehead atoms. The third-order valence-electron chi connectivity index (χ3n) is 7.05. The van der Waals surface area contributed by atoms with Crippen LogP contribution in [0.2, 0.25) is 0 Å². The minimum atomic E-state index is -0.612. The van der Waals surface area contributed by atoms with Gasteiger partial charge in [0.25, 0.3) is 0 Å². The first-order valence-electron chi connectivity index (χ1n) is 11.9. The minimum absolute atomic E-state index is 0.0418. The molecular formula is C33H27P. The fourth-order valence-electron chi connectivity index (χ4n) is 5.28. The third kappa shape index (κ3) is 3.51. The monoisotopic (exact) mass is 454 g/mol. The lowest BCUT2D eigenvalue weighted by atomic mass is 9.81. The van der Waals surface area contributed by atoms with Crippen LogP contribution in [-0.4, -0.2) is 0 Å². The molecule has 0 aliphatic heterocycles. The topological polar surface area (TPSA) is 0 Å². The smallest absolute Gasteiger partial charge is 0.0159 e. The summed E-state index contributed by atoms with van der Waals surface area (Å²) in [6.07, 6.45) is 0. The fraction of sp³-hybridized carbons (Fsp3) is 0.0909. The van der Waals surface area contributed by atoms with E-state index in [0.29, 0.717) is 0 Å². The quantitative estimate of drug-likeness (QED) is 0.248. The number of rotatable bonds is 4. The van der Waals surface area contributed by atoms with Crippen LogP contribution in [0.15, 0.2) is 127 Å². The molecule has 164 valence electrons. The zero-order chi connectivity index (χ0) is 23.1. The molecule has 0 saturated heterocycles. The molecule has 1 aliphatic rings. The second-order valence-electron chi connectivity index (χ2n) is 9.49. The van der Waals surface area contributed by atoms with Crippen LogP contribution >= 0.6 is 7.92 Å². The van der Waals surface area contributed by atoms with Crippen molar-refractivity contribution in [2.45, 2.75) is 19.3 Å². The number of benzene rings is 5. The van der Waals surface area contributed by atoms with Crippen molar-refractivity contribution in [2.24, 2.45) is 0 Å². The highest BCUT2D eigenvalue weighted by molar-refractivity contribution is 7.79. The van der Waals surface area contributed by atoms with Crippen LogP contribution in [0.5, 0.6) is 0 Å². The van der Waals surface area contributed by atoms with E-state index < -0.39 is 7.92 Å². The van der Waals surface area contributed by atoms with E-state index in [1.54, 1.807) is 0 Å². The predicted octanol–water partition coefficient (Wildman–Crippen LogP) is 7.42. The molecule has 0 amide bonds. The largest absolute Gasteiger partial charge is 0.0622 e. The van der Waals surface area contributed by atoms with E-state index in [1.807, 2.05) is 0 Å². The van der Waals surface area contributed by atoms with Gasteiger partial charge in [0.05, 0.1) is 0 Å². The Labute approximate surface area is 203 Å². The van der Waals surface area contributed by atoms with Crippen molar-refractivity contribution in [1.82, 2.24) is 0 Å². The average Bonchev–Trinajstić information content (AvgIpc) is 3.12. The van der Waals surface area contributed by atoms with E-state index in [1.165, 1.54) is 49.3 Å². The summed E-state index contributed by atoms with van der Waals surface area (Å²) in [4.78, 5) is 0. The summed E-state index contributed by atoms with van der Waals surface area (Å²) in [5.74, 6) is 0. The number of hydrogen-bond acceptors (Lipinski definition) is 0. The molecule has 0 fully saturated rings. The number of fused-ring (bicyclic) bond motifs is 3. The van der Waals surface area contributed by atoms with E-state index in [4.69, 9.17) is 0 Å². The van der Waals surface area contributed by atoms with Gasteiger partial charge in [0.2, 0.25) is 0 Å². The first-order valence-corrected chi connectivity index (χ1v) is 13.2. The van der Waals surface area contributed by atoms with Gasteiger partial charge in [-0.2, -0.15) is 0 Å². The lowest BCUT2D eigenvalue weighted by Gasteiger charge is -2.25. The van der Waals surface area contributed by atoms with Crippen molar-refractivity contribution < 1.29 is 0 Å². The lowest BCUT2D eigenvalue weighted by molar-refractivity contribution is 0.661. The molecule has 0 aromatic heterocycles. The molecule has 0 N–H and O–H groups in total. The van der Waals surface area contributed by atoms with Crippen molar-refractivity contribution in [2.75, 3.05) is 0 Å². The van der Waals surface area contributed by atoms with Gasteiger partial charge in [-0.3, -0.25) is 0 Å².